The van der Waals surface area contributed by atoms with Gasteiger partial charge in [-0.25, -0.2) is 4.68 Å². The average Bonchev–Trinajstić information content (AvgIpc) is 2.71. The van der Waals surface area contributed by atoms with Crippen LogP contribution in [-0.2, 0) is 11.2 Å². The number of hydrogen-bond donors (Lipinski definition) is 1. The van der Waals surface area contributed by atoms with Gasteiger partial charge in [0.2, 0.25) is 0 Å². The molecule has 0 bridgehead atoms. The number of rotatable bonds is 4. The van der Waals surface area contributed by atoms with Crippen LogP contribution in [0.4, 0.5) is 0 Å². The summed E-state index contributed by atoms with van der Waals surface area (Å²) < 4.78 is 1.80. The summed E-state index contributed by atoms with van der Waals surface area (Å²) in [5.74, 6) is -0.814. The minimum Gasteiger partial charge on any atom is -0.481 e. The third-order valence-corrected chi connectivity index (χ3v) is 3.41. The SMILES string of the molecule is Cc1c(Cl)cccc1-n1nc(CCC(=O)O)cc1C. The van der Waals surface area contributed by atoms with Gasteiger partial charge in [0.05, 0.1) is 17.8 Å². The normalized spacial score (nSPS) is 10.7. The smallest absolute Gasteiger partial charge is 0.303 e. The van der Waals surface area contributed by atoms with Gasteiger partial charge in [-0.05, 0) is 37.6 Å². The summed E-state index contributed by atoms with van der Waals surface area (Å²) in [4.78, 5) is 10.6. The van der Waals surface area contributed by atoms with E-state index < -0.39 is 5.97 Å². The van der Waals surface area contributed by atoms with E-state index in [0.717, 1.165) is 22.6 Å². The number of carbonyl (C=O) groups is 1. The number of benzene rings is 1. The Morgan fingerprint density at radius 1 is 1.42 bits per heavy atom. The fourth-order valence-electron chi connectivity index (χ4n) is 1.97. The van der Waals surface area contributed by atoms with E-state index in [1.165, 1.54) is 0 Å². The summed E-state index contributed by atoms with van der Waals surface area (Å²) in [5, 5.41) is 13.8. The second-order valence-corrected chi connectivity index (χ2v) is 4.87. The second kappa shape index (κ2) is 5.45. The molecule has 19 heavy (non-hydrogen) atoms. The standard InChI is InChI=1S/C14H15ClN2O2/c1-9-8-11(6-7-14(18)19)16-17(9)13-5-3-4-12(15)10(13)2/h3-5,8H,6-7H2,1-2H3,(H,18,19). The summed E-state index contributed by atoms with van der Waals surface area (Å²) in [7, 11) is 0. The van der Waals surface area contributed by atoms with Crippen molar-refractivity contribution < 1.29 is 9.90 Å². The molecule has 0 fully saturated rings. The minimum atomic E-state index is -0.814. The molecule has 1 aromatic carbocycles. The number of aromatic nitrogens is 2. The van der Waals surface area contributed by atoms with Crippen molar-refractivity contribution in [2.75, 3.05) is 0 Å². The van der Waals surface area contributed by atoms with Crippen LogP contribution in [0.25, 0.3) is 5.69 Å². The highest BCUT2D eigenvalue weighted by molar-refractivity contribution is 6.31. The third-order valence-electron chi connectivity index (χ3n) is 3.00. The van der Waals surface area contributed by atoms with Crippen molar-refractivity contribution in [1.29, 1.82) is 0 Å². The molecule has 0 aliphatic rings. The van der Waals surface area contributed by atoms with E-state index in [0.29, 0.717) is 11.4 Å². The third kappa shape index (κ3) is 2.96. The zero-order valence-corrected chi connectivity index (χ0v) is 11.6. The highest BCUT2D eigenvalue weighted by Crippen LogP contribution is 2.23. The molecule has 2 aromatic rings. The van der Waals surface area contributed by atoms with Gasteiger partial charge in [-0.15, -0.1) is 0 Å². The maximum absolute atomic E-state index is 10.6. The molecule has 1 aromatic heterocycles. The first-order chi connectivity index (χ1) is 8.99. The maximum Gasteiger partial charge on any atom is 0.303 e. The topological polar surface area (TPSA) is 55.1 Å². The molecule has 0 unspecified atom stereocenters. The minimum absolute atomic E-state index is 0.0883. The van der Waals surface area contributed by atoms with E-state index in [9.17, 15) is 4.79 Å². The van der Waals surface area contributed by atoms with E-state index in [4.69, 9.17) is 16.7 Å². The molecular weight excluding hydrogens is 264 g/mol. The van der Waals surface area contributed by atoms with Crippen molar-refractivity contribution in [3.05, 3.63) is 46.2 Å². The van der Waals surface area contributed by atoms with Crippen LogP contribution in [0.3, 0.4) is 0 Å². The molecule has 0 spiro atoms. The lowest BCUT2D eigenvalue weighted by Gasteiger charge is -2.09. The van der Waals surface area contributed by atoms with E-state index in [2.05, 4.69) is 5.10 Å². The lowest BCUT2D eigenvalue weighted by molar-refractivity contribution is -0.136. The van der Waals surface area contributed by atoms with Crippen LogP contribution in [0.5, 0.6) is 0 Å². The zero-order chi connectivity index (χ0) is 14.0. The number of carboxylic acids is 1. The Balaban J connectivity index is 2.35. The van der Waals surface area contributed by atoms with Gasteiger partial charge in [0.25, 0.3) is 0 Å². The fourth-order valence-corrected chi connectivity index (χ4v) is 2.13. The Morgan fingerprint density at radius 2 is 2.16 bits per heavy atom. The predicted octanol–water partition coefficient (Wildman–Crippen LogP) is 3.16. The van der Waals surface area contributed by atoms with Gasteiger partial charge in [0, 0.05) is 17.1 Å². The quantitative estimate of drug-likeness (QED) is 0.935. The molecule has 1 heterocycles. The summed E-state index contributed by atoms with van der Waals surface area (Å²) in [6.45, 7) is 3.88. The van der Waals surface area contributed by atoms with Gasteiger partial charge in [-0.2, -0.15) is 5.10 Å². The molecule has 0 radical (unpaired) electrons. The van der Waals surface area contributed by atoms with Crippen molar-refractivity contribution in [2.24, 2.45) is 0 Å². The molecule has 0 amide bonds. The molecule has 1 N–H and O–H groups in total. The Kier molecular flexibility index (Phi) is 3.90. The number of carboxylic acid groups (broad SMARTS) is 1. The largest absolute Gasteiger partial charge is 0.481 e. The zero-order valence-electron chi connectivity index (χ0n) is 10.9. The molecule has 0 saturated heterocycles. The molecule has 5 heteroatoms. The van der Waals surface area contributed by atoms with Crippen LogP contribution in [0, 0.1) is 13.8 Å². The average molecular weight is 279 g/mol. The molecule has 0 atom stereocenters. The predicted molar refractivity (Wildman–Crippen MR) is 74.0 cm³/mol. The number of halogens is 1. The van der Waals surface area contributed by atoms with Crippen molar-refractivity contribution in [3.8, 4) is 5.69 Å². The molecular formula is C14H15ClN2O2. The van der Waals surface area contributed by atoms with Crippen molar-refractivity contribution >= 4 is 17.6 Å². The van der Waals surface area contributed by atoms with Crippen molar-refractivity contribution in [2.45, 2.75) is 26.7 Å². The van der Waals surface area contributed by atoms with Crippen LogP contribution in [-0.4, -0.2) is 20.9 Å². The van der Waals surface area contributed by atoms with E-state index >= 15 is 0 Å². The van der Waals surface area contributed by atoms with Gasteiger partial charge in [0.1, 0.15) is 0 Å². The summed E-state index contributed by atoms with van der Waals surface area (Å²) in [5.41, 5.74) is 3.62. The first-order valence-corrected chi connectivity index (χ1v) is 6.39. The molecule has 0 aliphatic carbocycles. The Bertz CT molecular complexity index is 620. The van der Waals surface area contributed by atoms with Gasteiger partial charge in [-0.3, -0.25) is 4.79 Å². The molecule has 0 aliphatic heterocycles. The van der Waals surface area contributed by atoms with Crippen molar-refractivity contribution in [1.82, 2.24) is 9.78 Å². The Labute approximate surface area is 116 Å². The first kappa shape index (κ1) is 13.6. The van der Waals surface area contributed by atoms with Gasteiger partial charge in [-0.1, -0.05) is 17.7 Å². The van der Waals surface area contributed by atoms with Crippen LogP contribution in [0.15, 0.2) is 24.3 Å². The number of nitrogens with zero attached hydrogens (tertiary/aromatic N) is 2. The number of aryl methyl sites for hydroxylation is 2. The maximum atomic E-state index is 10.6. The molecule has 2 rings (SSSR count). The van der Waals surface area contributed by atoms with E-state index in [1.807, 2.05) is 38.1 Å². The number of hydrogen-bond acceptors (Lipinski definition) is 2. The lowest BCUT2D eigenvalue weighted by atomic mass is 10.2. The lowest BCUT2D eigenvalue weighted by Crippen LogP contribution is -2.03. The first-order valence-electron chi connectivity index (χ1n) is 6.02. The molecule has 4 nitrogen and oxygen atoms in total. The van der Waals surface area contributed by atoms with Crippen LogP contribution >= 0.6 is 11.6 Å². The van der Waals surface area contributed by atoms with E-state index in [-0.39, 0.29) is 6.42 Å². The van der Waals surface area contributed by atoms with Gasteiger partial charge >= 0.3 is 5.97 Å². The molecule has 0 saturated carbocycles. The summed E-state index contributed by atoms with van der Waals surface area (Å²) in [6, 6.07) is 7.57. The summed E-state index contributed by atoms with van der Waals surface area (Å²) in [6.07, 6.45) is 0.522. The Morgan fingerprint density at radius 3 is 2.84 bits per heavy atom. The van der Waals surface area contributed by atoms with Crippen LogP contribution in [0.2, 0.25) is 5.02 Å². The van der Waals surface area contributed by atoms with Crippen LogP contribution in [0.1, 0.15) is 23.4 Å². The monoisotopic (exact) mass is 278 g/mol. The Hall–Kier alpha value is -1.81. The fraction of sp³-hybridized carbons (Fsp3) is 0.286. The highest BCUT2D eigenvalue weighted by Gasteiger charge is 2.10. The summed E-state index contributed by atoms with van der Waals surface area (Å²) >= 11 is 6.11. The van der Waals surface area contributed by atoms with Gasteiger partial charge in [0.15, 0.2) is 0 Å². The van der Waals surface area contributed by atoms with E-state index in [1.54, 1.807) is 4.68 Å². The second-order valence-electron chi connectivity index (χ2n) is 4.47. The number of aliphatic carboxylic acids is 1. The van der Waals surface area contributed by atoms with Gasteiger partial charge < -0.3 is 5.11 Å². The molecule has 100 valence electrons. The highest BCUT2D eigenvalue weighted by atomic mass is 35.5. The van der Waals surface area contributed by atoms with Crippen LogP contribution < -0.4 is 0 Å². The van der Waals surface area contributed by atoms with Crippen molar-refractivity contribution in [3.63, 3.8) is 0 Å².